The third kappa shape index (κ3) is 6.01. The molecule has 0 radical (unpaired) electrons. The van der Waals surface area contributed by atoms with E-state index in [-0.39, 0.29) is 47.6 Å². The van der Waals surface area contributed by atoms with Gasteiger partial charge in [0, 0.05) is 22.6 Å². The molecule has 1 aliphatic carbocycles. The predicted octanol–water partition coefficient (Wildman–Crippen LogP) is 4.77. The molecule has 1 aliphatic rings. The van der Waals surface area contributed by atoms with Gasteiger partial charge in [-0.2, -0.15) is 0 Å². The topological polar surface area (TPSA) is 106 Å². The van der Waals surface area contributed by atoms with Gasteiger partial charge in [-0.1, -0.05) is 0 Å². The molecule has 0 saturated heterocycles. The van der Waals surface area contributed by atoms with Gasteiger partial charge < -0.3 is 10.1 Å². The zero-order chi connectivity index (χ0) is 27.1. The number of alkyl halides is 1. The lowest BCUT2D eigenvalue weighted by Crippen LogP contribution is -2.38. The molecule has 3 rings (SSSR count). The highest BCUT2D eigenvalue weighted by Crippen LogP contribution is 2.49. The van der Waals surface area contributed by atoms with Crippen molar-refractivity contribution < 1.29 is 26.7 Å². The molecular formula is C24H30F2IN3O5S. The van der Waals surface area contributed by atoms with Crippen molar-refractivity contribution in [2.24, 2.45) is 12.5 Å². The molecule has 1 aromatic carbocycles. The number of esters is 1. The third-order valence-electron chi connectivity index (χ3n) is 6.06. The van der Waals surface area contributed by atoms with Crippen molar-refractivity contribution in [1.82, 2.24) is 4.57 Å². The number of pyridine rings is 1. The van der Waals surface area contributed by atoms with Gasteiger partial charge in [-0.25, -0.2) is 17.2 Å². The van der Waals surface area contributed by atoms with Crippen LogP contribution in [0.1, 0.15) is 45.6 Å². The smallest absolute Gasteiger partial charge is 0.311 e. The molecule has 1 heterocycles. The zero-order valence-electron chi connectivity index (χ0n) is 20.7. The van der Waals surface area contributed by atoms with E-state index in [0.717, 1.165) is 0 Å². The molecule has 1 unspecified atom stereocenters. The first-order valence-corrected chi connectivity index (χ1v) is 13.9. The maximum Gasteiger partial charge on any atom is 0.311 e. The number of sulfonamides is 1. The van der Waals surface area contributed by atoms with Crippen LogP contribution >= 0.6 is 22.6 Å². The van der Waals surface area contributed by atoms with Gasteiger partial charge in [0.2, 0.25) is 10.0 Å². The Labute approximate surface area is 223 Å². The normalized spacial score (nSPS) is 15.8. The van der Waals surface area contributed by atoms with Crippen molar-refractivity contribution in [3.05, 3.63) is 49.6 Å². The van der Waals surface area contributed by atoms with Gasteiger partial charge in [-0.05, 0) is 87.4 Å². The number of benzene rings is 1. The Hall–Kier alpha value is -2.22. The monoisotopic (exact) mass is 637 g/mol. The van der Waals surface area contributed by atoms with E-state index in [1.807, 2.05) is 22.6 Å². The number of hydrogen-bond acceptors (Lipinski definition) is 6. The summed E-state index contributed by atoms with van der Waals surface area (Å²) in [7, 11) is -2.67. The Balaban J connectivity index is 1.93. The van der Waals surface area contributed by atoms with Crippen molar-refractivity contribution in [2.45, 2.75) is 57.8 Å². The van der Waals surface area contributed by atoms with E-state index in [9.17, 15) is 26.8 Å². The number of aromatic nitrogens is 1. The lowest BCUT2D eigenvalue weighted by Gasteiger charge is -2.26. The molecule has 0 bridgehead atoms. The van der Waals surface area contributed by atoms with Gasteiger partial charge in [0.25, 0.3) is 5.56 Å². The largest absolute Gasteiger partial charge is 0.459 e. The number of anilines is 3. The second-order valence-electron chi connectivity index (χ2n) is 10.1. The van der Waals surface area contributed by atoms with Crippen molar-refractivity contribution in [3.8, 4) is 0 Å². The number of nitrogens with one attached hydrogen (secondary N) is 2. The Morgan fingerprint density at radius 1 is 1.25 bits per heavy atom. The molecule has 198 valence electrons. The summed E-state index contributed by atoms with van der Waals surface area (Å²) in [5.41, 5.74) is -0.878. The van der Waals surface area contributed by atoms with Crippen molar-refractivity contribution >= 4 is 55.8 Å². The van der Waals surface area contributed by atoms with E-state index < -0.39 is 44.8 Å². The first-order valence-electron chi connectivity index (χ1n) is 11.3. The second-order valence-corrected chi connectivity index (χ2v) is 13.4. The standard InChI is InChI=1S/C24H30F2IN3O5S/c1-14-10-19(20(30(5)21(14)31)28-18-7-6-15(27)11-17(18)26)29-36(33,34)24(8-9-24)12-16(13-25)35-22(32)23(2,3)4/h6-7,10-11,16,28-29H,8-9,12-13H2,1-5H3. The summed E-state index contributed by atoms with van der Waals surface area (Å²) in [6, 6.07) is 5.82. The fraction of sp³-hybridized carbons (Fsp3) is 0.500. The average Bonchev–Trinajstić information content (AvgIpc) is 3.56. The van der Waals surface area contributed by atoms with Gasteiger partial charge in [0.05, 0.1) is 21.5 Å². The molecule has 8 nitrogen and oxygen atoms in total. The van der Waals surface area contributed by atoms with E-state index in [1.165, 1.54) is 36.7 Å². The first-order chi connectivity index (χ1) is 16.6. The van der Waals surface area contributed by atoms with Crippen molar-refractivity contribution in [2.75, 3.05) is 16.7 Å². The molecule has 1 saturated carbocycles. The number of rotatable bonds is 9. The molecule has 12 heteroatoms. The second kappa shape index (κ2) is 10.3. The van der Waals surface area contributed by atoms with Gasteiger partial charge in [0.15, 0.2) is 0 Å². The van der Waals surface area contributed by atoms with Crippen molar-refractivity contribution in [1.29, 1.82) is 0 Å². The molecule has 2 N–H and O–H groups in total. The Bertz CT molecular complexity index is 1330. The Kier molecular flexibility index (Phi) is 8.09. The van der Waals surface area contributed by atoms with E-state index in [0.29, 0.717) is 3.57 Å². The maximum absolute atomic E-state index is 14.5. The van der Waals surface area contributed by atoms with Gasteiger partial charge in [0.1, 0.15) is 24.4 Å². The lowest BCUT2D eigenvalue weighted by atomic mass is 9.97. The minimum atomic E-state index is -4.11. The molecule has 36 heavy (non-hydrogen) atoms. The van der Waals surface area contributed by atoms with E-state index in [2.05, 4.69) is 10.0 Å². The highest BCUT2D eigenvalue weighted by Gasteiger charge is 2.56. The molecule has 0 spiro atoms. The van der Waals surface area contributed by atoms with Crippen LogP contribution in [0.4, 0.5) is 26.0 Å². The molecule has 0 amide bonds. The van der Waals surface area contributed by atoms with Crippen LogP contribution in [-0.2, 0) is 26.6 Å². The molecule has 1 fully saturated rings. The van der Waals surface area contributed by atoms with E-state index in [1.54, 1.807) is 26.8 Å². The minimum absolute atomic E-state index is 0.0438. The Morgan fingerprint density at radius 3 is 2.42 bits per heavy atom. The van der Waals surface area contributed by atoms with Gasteiger partial charge in [-0.15, -0.1) is 0 Å². The van der Waals surface area contributed by atoms with Crippen LogP contribution < -0.4 is 15.6 Å². The van der Waals surface area contributed by atoms with Crippen LogP contribution in [0.3, 0.4) is 0 Å². The summed E-state index contributed by atoms with van der Waals surface area (Å²) in [5, 5.41) is 2.82. The zero-order valence-corrected chi connectivity index (χ0v) is 23.7. The molecule has 1 atom stereocenters. The molecule has 1 aromatic heterocycles. The van der Waals surface area contributed by atoms with Gasteiger partial charge in [-0.3, -0.25) is 18.9 Å². The Morgan fingerprint density at radius 2 is 1.89 bits per heavy atom. The van der Waals surface area contributed by atoms with Gasteiger partial charge >= 0.3 is 5.97 Å². The summed E-state index contributed by atoms with van der Waals surface area (Å²) < 4.78 is 63.5. The molecule has 0 aliphatic heterocycles. The number of carbonyl (C=O) groups excluding carboxylic acids is 1. The van der Waals surface area contributed by atoms with Crippen LogP contribution in [0, 0.1) is 21.7 Å². The summed E-state index contributed by atoms with van der Waals surface area (Å²) in [6.45, 7) is 5.40. The number of hydrogen-bond donors (Lipinski definition) is 2. The van der Waals surface area contributed by atoms with E-state index in [4.69, 9.17) is 4.74 Å². The first kappa shape index (κ1) is 28.4. The van der Waals surface area contributed by atoms with Crippen molar-refractivity contribution in [3.63, 3.8) is 0 Å². The fourth-order valence-corrected chi connectivity index (χ4v) is 5.85. The lowest BCUT2D eigenvalue weighted by molar-refractivity contribution is -0.159. The number of halogens is 3. The summed E-state index contributed by atoms with van der Waals surface area (Å²) in [5.74, 6) is -1.15. The number of ether oxygens (including phenoxy) is 1. The fourth-order valence-electron chi connectivity index (χ4n) is 3.69. The molecular weight excluding hydrogens is 607 g/mol. The van der Waals surface area contributed by atoms with Crippen LogP contribution in [0.2, 0.25) is 0 Å². The van der Waals surface area contributed by atoms with Crippen LogP contribution in [0.15, 0.2) is 29.1 Å². The van der Waals surface area contributed by atoms with Crippen LogP contribution in [0.25, 0.3) is 0 Å². The van der Waals surface area contributed by atoms with Crippen LogP contribution in [-0.4, -0.2) is 36.5 Å². The highest BCUT2D eigenvalue weighted by atomic mass is 127. The quantitative estimate of drug-likeness (QED) is 0.303. The predicted molar refractivity (Wildman–Crippen MR) is 143 cm³/mol. The highest BCUT2D eigenvalue weighted by molar-refractivity contribution is 14.1. The average molecular weight is 637 g/mol. The third-order valence-corrected chi connectivity index (χ3v) is 8.93. The SMILES string of the molecule is Cc1cc(NS(=O)(=O)C2(CC(CF)OC(=O)C(C)(C)C)CC2)c(Nc2ccc(I)cc2F)n(C)c1=O. The summed E-state index contributed by atoms with van der Waals surface area (Å²) >= 11 is 1.96. The maximum atomic E-state index is 14.5. The number of aryl methyl sites for hydroxylation is 1. The summed E-state index contributed by atoms with van der Waals surface area (Å²) in [4.78, 5) is 24.8. The molecule has 2 aromatic rings. The van der Waals surface area contributed by atoms with E-state index >= 15 is 0 Å². The number of nitrogens with zero attached hydrogens (tertiary/aromatic N) is 1. The van der Waals surface area contributed by atoms with Crippen LogP contribution in [0.5, 0.6) is 0 Å². The minimum Gasteiger partial charge on any atom is -0.459 e. The number of carbonyl (C=O) groups is 1. The summed E-state index contributed by atoms with van der Waals surface area (Å²) in [6.07, 6.45) is -0.910.